The van der Waals surface area contributed by atoms with E-state index in [0.29, 0.717) is 17.2 Å². The Balaban J connectivity index is 2.46. The number of hydrogen-bond acceptors (Lipinski definition) is 5. The highest BCUT2D eigenvalue weighted by molar-refractivity contribution is 6.02. The molecule has 0 aliphatic rings. The Labute approximate surface area is 123 Å². The van der Waals surface area contributed by atoms with Gasteiger partial charge in [0.15, 0.2) is 11.5 Å². The van der Waals surface area contributed by atoms with E-state index in [2.05, 4.69) is 9.99 Å². The quantitative estimate of drug-likeness (QED) is 0.492. The third-order valence-corrected chi connectivity index (χ3v) is 3.07. The van der Waals surface area contributed by atoms with Gasteiger partial charge in [-0.15, -0.1) is 0 Å². The van der Waals surface area contributed by atoms with Gasteiger partial charge in [0.05, 0.1) is 19.9 Å². The molecule has 0 amide bonds. The Morgan fingerprint density at radius 2 is 1.57 bits per heavy atom. The highest BCUT2D eigenvalue weighted by atomic mass is 16.7. The zero-order valence-electron chi connectivity index (χ0n) is 12.5. The maximum Gasteiger partial charge on any atom is 0.331 e. The molecule has 0 spiro atoms. The molecule has 0 atom stereocenters. The number of oxime groups is 1. The van der Waals surface area contributed by atoms with Crippen molar-refractivity contribution < 1.29 is 19.1 Å². The summed E-state index contributed by atoms with van der Waals surface area (Å²) in [6.45, 7) is 3.10. The van der Waals surface area contributed by atoms with Crippen molar-refractivity contribution in [1.29, 1.82) is 0 Å². The van der Waals surface area contributed by atoms with Crippen LogP contribution in [-0.2, 0) is 9.63 Å². The molecule has 2 rings (SSSR count). The van der Waals surface area contributed by atoms with E-state index in [1.54, 1.807) is 21.1 Å². The van der Waals surface area contributed by atoms with Gasteiger partial charge >= 0.3 is 5.97 Å². The van der Waals surface area contributed by atoms with E-state index in [0.717, 1.165) is 16.3 Å². The van der Waals surface area contributed by atoms with E-state index in [-0.39, 0.29) is 0 Å². The van der Waals surface area contributed by atoms with Crippen molar-refractivity contribution in [2.75, 3.05) is 14.2 Å². The zero-order chi connectivity index (χ0) is 15.4. The van der Waals surface area contributed by atoms with E-state index < -0.39 is 5.97 Å². The van der Waals surface area contributed by atoms with Crippen LogP contribution in [0.4, 0.5) is 0 Å². The summed E-state index contributed by atoms with van der Waals surface area (Å²) in [4.78, 5) is 15.4. The van der Waals surface area contributed by atoms with Crippen molar-refractivity contribution >= 4 is 22.5 Å². The molecule has 5 nitrogen and oxygen atoms in total. The normalized spacial score (nSPS) is 11.3. The number of rotatable bonds is 4. The monoisotopic (exact) mass is 287 g/mol. The SMILES string of the molecule is COc1cc2ccc(/C(C)=N/OC(C)=O)cc2cc1OC. The van der Waals surface area contributed by atoms with Crippen LogP contribution in [0.15, 0.2) is 35.5 Å². The first kappa shape index (κ1) is 14.8. The molecule has 0 unspecified atom stereocenters. The number of nitrogens with zero attached hydrogens (tertiary/aromatic N) is 1. The third-order valence-electron chi connectivity index (χ3n) is 3.07. The minimum atomic E-state index is -0.443. The molecule has 2 aromatic carbocycles. The smallest absolute Gasteiger partial charge is 0.331 e. The van der Waals surface area contributed by atoms with Crippen molar-refractivity contribution in [3.05, 3.63) is 35.9 Å². The topological polar surface area (TPSA) is 57.1 Å². The maximum atomic E-state index is 10.8. The van der Waals surface area contributed by atoms with Crippen molar-refractivity contribution in [3.63, 3.8) is 0 Å². The molecule has 0 heterocycles. The number of hydrogen-bond donors (Lipinski definition) is 0. The molecule has 110 valence electrons. The number of fused-ring (bicyclic) bond motifs is 1. The van der Waals surface area contributed by atoms with Crippen LogP contribution in [0.25, 0.3) is 10.8 Å². The van der Waals surface area contributed by atoms with Crippen molar-refractivity contribution in [1.82, 2.24) is 0 Å². The predicted molar refractivity (Wildman–Crippen MR) is 81.0 cm³/mol. The van der Waals surface area contributed by atoms with E-state index in [1.807, 2.05) is 30.3 Å². The Morgan fingerprint density at radius 1 is 0.952 bits per heavy atom. The van der Waals surface area contributed by atoms with Gasteiger partial charge in [0, 0.05) is 6.92 Å². The summed E-state index contributed by atoms with van der Waals surface area (Å²) in [6, 6.07) is 9.64. The first-order valence-electron chi connectivity index (χ1n) is 6.43. The molecule has 0 saturated carbocycles. The van der Waals surface area contributed by atoms with Crippen LogP contribution in [0.3, 0.4) is 0 Å². The summed E-state index contributed by atoms with van der Waals surface area (Å²) >= 11 is 0. The van der Waals surface area contributed by atoms with Crippen molar-refractivity contribution in [2.45, 2.75) is 13.8 Å². The Morgan fingerprint density at radius 3 is 2.14 bits per heavy atom. The number of benzene rings is 2. The first-order valence-corrected chi connectivity index (χ1v) is 6.43. The molecule has 0 saturated heterocycles. The Bertz CT molecular complexity index is 707. The summed E-state index contributed by atoms with van der Waals surface area (Å²) in [5.41, 5.74) is 1.50. The lowest BCUT2D eigenvalue weighted by atomic mass is 10.0. The number of methoxy groups -OCH3 is 2. The number of carbonyl (C=O) groups excluding carboxylic acids is 1. The summed E-state index contributed by atoms with van der Waals surface area (Å²) < 4.78 is 10.6. The third kappa shape index (κ3) is 3.31. The Kier molecular flexibility index (Phi) is 4.42. The molecule has 0 bridgehead atoms. The second kappa shape index (κ2) is 6.26. The summed E-state index contributed by atoms with van der Waals surface area (Å²) in [7, 11) is 3.20. The van der Waals surface area contributed by atoms with Gasteiger partial charge in [-0.1, -0.05) is 17.3 Å². The number of ether oxygens (including phenoxy) is 2. The van der Waals surface area contributed by atoms with Crippen LogP contribution in [0, 0.1) is 0 Å². The van der Waals surface area contributed by atoms with Gasteiger partial charge in [-0.05, 0) is 41.5 Å². The molecular formula is C16H17NO4. The highest BCUT2D eigenvalue weighted by Gasteiger charge is 2.07. The molecule has 0 aliphatic carbocycles. The maximum absolute atomic E-state index is 10.8. The largest absolute Gasteiger partial charge is 0.493 e. The Hall–Kier alpha value is -2.56. The molecule has 0 aromatic heterocycles. The van der Waals surface area contributed by atoms with Gasteiger partial charge in [-0.3, -0.25) is 0 Å². The minimum absolute atomic E-state index is 0.443. The molecule has 5 heteroatoms. The fraction of sp³-hybridized carbons (Fsp3) is 0.250. The highest BCUT2D eigenvalue weighted by Crippen LogP contribution is 2.32. The molecule has 0 fully saturated rings. The lowest BCUT2D eigenvalue weighted by molar-refractivity contribution is -0.140. The molecule has 21 heavy (non-hydrogen) atoms. The molecular weight excluding hydrogens is 270 g/mol. The van der Waals surface area contributed by atoms with Crippen molar-refractivity contribution in [3.8, 4) is 11.5 Å². The van der Waals surface area contributed by atoms with Crippen LogP contribution in [0.1, 0.15) is 19.4 Å². The second-order valence-corrected chi connectivity index (χ2v) is 4.53. The lowest BCUT2D eigenvalue weighted by Crippen LogP contribution is -1.99. The van der Waals surface area contributed by atoms with Gasteiger partial charge in [0.25, 0.3) is 0 Å². The van der Waals surface area contributed by atoms with Gasteiger partial charge < -0.3 is 14.3 Å². The lowest BCUT2D eigenvalue weighted by Gasteiger charge is -2.10. The molecule has 0 aliphatic heterocycles. The van der Waals surface area contributed by atoms with Crippen LogP contribution in [0.2, 0.25) is 0 Å². The van der Waals surface area contributed by atoms with E-state index >= 15 is 0 Å². The fourth-order valence-electron chi connectivity index (χ4n) is 1.99. The zero-order valence-corrected chi connectivity index (χ0v) is 12.5. The van der Waals surface area contributed by atoms with Crippen LogP contribution in [-0.4, -0.2) is 25.9 Å². The summed E-state index contributed by atoms with van der Waals surface area (Å²) in [5.74, 6) is 0.904. The van der Waals surface area contributed by atoms with Gasteiger partial charge in [-0.2, -0.15) is 0 Å². The van der Waals surface area contributed by atoms with E-state index in [1.165, 1.54) is 6.92 Å². The average Bonchev–Trinajstić information content (AvgIpc) is 2.50. The average molecular weight is 287 g/mol. The molecule has 2 aromatic rings. The van der Waals surface area contributed by atoms with Crippen LogP contribution < -0.4 is 9.47 Å². The van der Waals surface area contributed by atoms with Gasteiger partial charge in [-0.25, -0.2) is 4.79 Å². The predicted octanol–water partition coefficient (Wildman–Crippen LogP) is 3.14. The minimum Gasteiger partial charge on any atom is -0.493 e. The van der Waals surface area contributed by atoms with Crippen molar-refractivity contribution in [2.24, 2.45) is 5.16 Å². The first-order chi connectivity index (χ1) is 10.0. The number of carbonyl (C=O) groups is 1. The van der Waals surface area contributed by atoms with Crippen LogP contribution in [0.5, 0.6) is 11.5 Å². The van der Waals surface area contributed by atoms with Crippen LogP contribution >= 0.6 is 0 Å². The van der Waals surface area contributed by atoms with Gasteiger partial charge in [0.1, 0.15) is 0 Å². The summed E-state index contributed by atoms with van der Waals surface area (Å²) in [6.07, 6.45) is 0. The van der Waals surface area contributed by atoms with Gasteiger partial charge in [0.2, 0.25) is 0 Å². The molecule has 0 radical (unpaired) electrons. The standard InChI is InChI=1S/C16H17NO4/c1-10(17-21-11(2)18)12-5-6-13-8-15(19-3)16(20-4)9-14(13)7-12/h5-9H,1-4H3/b17-10+. The molecule has 0 N–H and O–H groups in total. The van der Waals surface area contributed by atoms with E-state index in [4.69, 9.17) is 9.47 Å². The fourth-order valence-corrected chi connectivity index (χ4v) is 1.99. The van der Waals surface area contributed by atoms with E-state index in [9.17, 15) is 4.79 Å². The second-order valence-electron chi connectivity index (χ2n) is 4.53. The summed E-state index contributed by atoms with van der Waals surface area (Å²) in [5, 5.41) is 5.80.